The fourth-order valence-electron chi connectivity index (χ4n) is 4.24. The van der Waals surface area contributed by atoms with Crippen molar-refractivity contribution in [2.24, 2.45) is 0 Å². The van der Waals surface area contributed by atoms with Crippen LogP contribution in [-0.2, 0) is 11.3 Å². The predicted molar refractivity (Wildman–Crippen MR) is 118 cm³/mol. The minimum absolute atomic E-state index is 0.148. The van der Waals surface area contributed by atoms with Crippen LogP contribution in [0, 0.1) is 13.8 Å². The van der Waals surface area contributed by atoms with Gasteiger partial charge in [-0.05, 0) is 69.2 Å². The van der Waals surface area contributed by atoms with Crippen molar-refractivity contribution in [3.63, 3.8) is 0 Å². The Balaban J connectivity index is 1.83. The van der Waals surface area contributed by atoms with Crippen molar-refractivity contribution in [2.75, 3.05) is 0 Å². The minimum Gasteiger partial charge on any atom is -0.346 e. The maximum atomic E-state index is 13.4. The van der Waals surface area contributed by atoms with Crippen LogP contribution in [0.4, 0.5) is 0 Å². The molecule has 0 saturated heterocycles. The number of fused-ring (bicyclic) bond motifs is 1. The second-order valence-electron chi connectivity index (χ2n) is 7.91. The van der Waals surface area contributed by atoms with Gasteiger partial charge in [0.1, 0.15) is 0 Å². The Morgan fingerprint density at radius 2 is 1.67 bits per heavy atom. The molecule has 0 bridgehead atoms. The molecule has 2 amide bonds. The molecule has 5 heteroatoms. The number of pyridine rings is 1. The van der Waals surface area contributed by atoms with E-state index in [1.165, 1.54) is 4.90 Å². The lowest BCUT2D eigenvalue weighted by atomic mass is 9.92. The third-order valence-electron chi connectivity index (χ3n) is 5.55. The van der Waals surface area contributed by atoms with Crippen molar-refractivity contribution in [1.29, 1.82) is 0 Å². The lowest BCUT2D eigenvalue weighted by Gasteiger charge is -2.28. The number of benzene rings is 1. The first-order valence-corrected chi connectivity index (χ1v) is 10.1. The third kappa shape index (κ3) is 3.36. The highest BCUT2D eigenvalue weighted by atomic mass is 16.2. The fourth-order valence-corrected chi connectivity index (χ4v) is 4.24. The monoisotopic (exact) mass is 399 g/mol. The average molecular weight is 399 g/mol. The zero-order valence-corrected chi connectivity index (χ0v) is 17.7. The molecule has 3 heterocycles. The van der Waals surface area contributed by atoms with Crippen molar-refractivity contribution in [2.45, 2.75) is 40.3 Å². The quantitative estimate of drug-likeness (QED) is 0.468. The van der Waals surface area contributed by atoms with Crippen LogP contribution in [0.1, 0.15) is 58.5 Å². The van der Waals surface area contributed by atoms with E-state index in [1.54, 1.807) is 12.3 Å². The summed E-state index contributed by atoms with van der Waals surface area (Å²) in [4.78, 5) is 32.1. The minimum atomic E-state index is -0.293. The lowest BCUT2D eigenvalue weighted by molar-refractivity contribution is -0.123. The van der Waals surface area contributed by atoms with E-state index in [0.717, 1.165) is 17.0 Å². The van der Waals surface area contributed by atoms with Gasteiger partial charge in [-0.2, -0.15) is 0 Å². The van der Waals surface area contributed by atoms with Gasteiger partial charge in [-0.25, -0.2) is 0 Å². The molecule has 0 spiro atoms. The van der Waals surface area contributed by atoms with Gasteiger partial charge in [0.25, 0.3) is 11.8 Å². The van der Waals surface area contributed by atoms with Crippen molar-refractivity contribution in [3.8, 4) is 0 Å². The van der Waals surface area contributed by atoms with Crippen LogP contribution in [-0.4, -0.2) is 26.3 Å². The molecule has 3 aromatic rings. The van der Waals surface area contributed by atoms with Crippen LogP contribution in [0.25, 0.3) is 11.6 Å². The summed E-state index contributed by atoms with van der Waals surface area (Å²) in [6.45, 7) is 8.57. The van der Waals surface area contributed by atoms with Gasteiger partial charge in [0, 0.05) is 34.8 Å². The van der Waals surface area contributed by atoms with Gasteiger partial charge in [0.15, 0.2) is 0 Å². The number of nitrogens with zero attached hydrogens (tertiary/aromatic N) is 3. The molecule has 0 saturated carbocycles. The molecule has 0 fully saturated rings. The van der Waals surface area contributed by atoms with Gasteiger partial charge in [-0.15, -0.1) is 0 Å². The van der Waals surface area contributed by atoms with E-state index in [4.69, 9.17) is 0 Å². The molecule has 0 radical (unpaired) electrons. The van der Waals surface area contributed by atoms with Gasteiger partial charge in [0.2, 0.25) is 0 Å². The maximum absolute atomic E-state index is 13.4. The van der Waals surface area contributed by atoms with Crippen LogP contribution < -0.4 is 0 Å². The first-order valence-electron chi connectivity index (χ1n) is 10.1. The highest BCUT2D eigenvalue weighted by molar-refractivity contribution is 6.33. The molecule has 5 nitrogen and oxygen atoms in total. The van der Waals surface area contributed by atoms with E-state index < -0.39 is 0 Å². The Labute approximate surface area is 176 Å². The standard InChI is InChI=1S/C25H25N3O2/c1-16(2)28-17(3)13-19(18(28)4)14-23-21-10-5-6-11-22(21)24(29)27(25(23)30)15-20-9-7-8-12-26-20/h5-14,16H,15H2,1-4H3/b23-14-. The highest BCUT2D eigenvalue weighted by Crippen LogP contribution is 2.32. The molecule has 30 heavy (non-hydrogen) atoms. The second-order valence-corrected chi connectivity index (χ2v) is 7.91. The molecule has 4 rings (SSSR count). The molecule has 2 aromatic heterocycles. The Hall–Kier alpha value is -3.47. The molecular formula is C25H25N3O2. The summed E-state index contributed by atoms with van der Waals surface area (Å²) >= 11 is 0. The Kier molecular flexibility index (Phi) is 5.12. The predicted octanol–water partition coefficient (Wildman–Crippen LogP) is 4.80. The smallest absolute Gasteiger partial charge is 0.261 e. The lowest BCUT2D eigenvalue weighted by Crippen LogP contribution is -2.41. The topological polar surface area (TPSA) is 55.2 Å². The first-order chi connectivity index (χ1) is 14.4. The number of hydrogen-bond donors (Lipinski definition) is 0. The number of aryl methyl sites for hydroxylation is 1. The van der Waals surface area contributed by atoms with E-state index in [-0.39, 0.29) is 18.4 Å². The van der Waals surface area contributed by atoms with Crippen LogP contribution in [0.5, 0.6) is 0 Å². The Bertz CT molecular complexity index is 1160. The normalized spacial score (nSPS) is 15.2. The molecular weight excluding hydrogens is 374 g/mol. The molecule has 0 atom stereocenters. The molecule has 152 valence electrons. The van der Waals surface area contributed by atoms with E-state index in [0.29, 0.717) is 28.4 Å². The summed E-state index contributed by atoms with van der Waals surface area (Å²) < 4.78 is 2.25. The van der Waals surface area contributed by atoms with Crippen molar-refractivity contribution in [3.05, 3.63) is 88.5 Å². The summed E-state index contributed by atoms with van der Waals surface area (Å²) in [6.07, 6.45) is 3.58. The Morgan fingerprint density at radius 3 is 2.30 bits per heavy atom. The summed E-state index contributed by atoms with van der Waals surface area (Å²) in [7, 11) is 0. The number of carbonyl (C=O) groups is 2. The third-order valence-corrected chi connectivity index (χ3v) is 5.55. The number of amides is 2. The van der Waals surface area contributed by atoms with Gasteiger partial charge in [0.05, 0.1) is 12.2 Å². The SMILES string of the molecule is Cc1cc(/C=C2\C(=O)N(Cc3ccccn3)C(=O)c3ccccc32)c(C)n1C(C)C. The number of aromatic nitrogens is 2. The molecule has 1 aliphatic rings. The maximum Gasteiger partial charge on any atom is 0.261 e. The van der Waals surface area contributed by atoms with E-state index >= 15 is 0 Å². The number of carbonyl (C=O) groups excluding carboxylic acids is 2. The average Bonchev–Trinajstić information content (AvgIpc) is 3.02. The second kappa shape index (κ2) is 7.75. The van der Waals surface area contributed by atoms with Crippen LogP contribution >= 0.6 is 0 Å². The number of hydrogen-bond acceptors (Lipinski definition) is 3. The molecule has 0 unspecified atom stereocenters. The summed E-state index contributed by atoms with van der Waals surface area (Å²) in [5, 5.41) is 0. The highest BCUT2D eigenvalue weighted by Gasteiger charge is 2.35. The summed E-state index contributed by atoms with van der Waals surface area (Å²) in [5.74, 6) is -0.579. The number of rotatable bonds is 4. The van der Waals surface area contributed by atoms with E-state index in [2.05, 4.69) is 43.3 Å². The largest absolute Gasteiger partial charge is 0.346 e. The molecule has 1 aliphatic heterocycles. The van der Waals surface area contributed by atoms with Crippen LogP contribution in [0.15, 0.2) is 54.7 Å². The van der Waals surface area contributed by atoms with Gasteiger partial charge >= 0.3 is 0 Å². The fraction of sp³-hybridized carbons (Fsp3) is 0.240. The van der Waals surface area contributed by atoms with Gasteiger partial charge < -0.3 is 4.57 Å². The van der Waals surface area contributed by atoms with Crippen LogP contribution in [0.2, 0.25) is 0 Å². The van der Waals surface area contributed by atoms with E-state index in [9.17, 15) is 9.59 Å². The van der Waals surface area contributed by atoms with Gasteiger partial charge in [-0.3, -0.25) is 19.5 Å². The molecule has 0 aliphatic carbocycles. The Morgan fingerprint density at radius 1 is 0.967 bits per heavy atom. The van der Waals surface area contributed by atoms with Crippen molar-refractivity contribution < 1.29 is 9.59 Å². The van der Waals surface area contributed by atoms with E-state index in [1.807, 2.05) is 42.5 Å². The van der Waals surface area contributed by atoms with Crippen molar-refractivity contribution in [1.82, 2.24) is 14.5 Å². The number of imide groups is 1. The molecule has 0 N–H and O–H groups in total. The zero-order valence-electron chi connectivity index (χ0n) is 17.7. The first kappa shape index (κ1) is 19.8. The van der Waals surface area contributed by atoms with Crippen molar-refractivity contribution >= 4 is 23.5 Å². The van der Waals surface area contributed by atoms with Gasteiger partial charge in [-0.1, -0.05) is 24.3 Å². The summed E-state index contributed by atoms with van der Waals surface area (Å²) in [5.41, 5.74) is 5.67. The van der Waals surface area contributed by atoms with Crippen LogP contribution in [0.3, 0.4) is 0 Å². The molecule has 1 aromatic carbocycles. The summed E-state index contributed by atoms with van der Waals surface area (Å²) in [6, 6.07) is 15.2. The zero-order chi connectivity index (χ0) is 21.4.